The smallest absolute Gasteiger partial charge is 0.411 e. The Morgan fingerprint density at radius 2 is 1.86 bits per heavy atom. The maximum Gasteiger partial charge on any atom is 0.411 e. The molecule has 0 saturated carbocycles. The Balaban J connectivity index is 1.59. The summed E-state index contributed by atoms with van der Waals surface area (Å²) in [5.41, 5.74) is 7.28. The number of carbonyl (C=O) groups is 2. The van der Waals surface area contributed by atoms with E-state index in [0.29, 0.717) is 36.5 Å². The van der Waals surface area contributed by atoms with E-state index in [2.05, 4.69) is 10.3 Å². The van der Waals surface area contributed by atoms with Crippen LogP contribution in [0.4, 0.5) is 26.4 Å². The fraction of sp³-hybridized carbons (Fsp3) is 0.281. The number of benzene rings is 3. The molecule has 0 bridgehead atoms. The number of halogens is 1. The number of carboxylic acid groups (broad SMARTS) is 1. The van der Waals surface area contributed by atoms with Crippen LogP contribution >= 0.6 is 0 Å². The Morgan fingerprint density at radius 3 is 2.57 bits per heavy atom. The van der Waals surface area contributed by atoms with Gasteiger partial charge in [0, 0.05) is 42.1 Å². The molecule has 44 heavy (non-hydrogen) atoms. The van der Waals surface area contributed by atoms with Gasteiger partial charge in [0.2, 0.25) is 5.91 Å². The third kappa shape index (κ3) is 5.77. The standard InChI is InChI=1S/C32H34FN5O5S/c1-19(2)44(42,43)28-13-11-22(37(3)32(40)41)18-25(28)27-9-6-16-38(27)31(39)29(24-7-4-5-8-26(24)33)36-21-10-12-23-20(17-21)14-15-35-30(23)34/h4-5,7-8,10-15,17-19,27,29,36H,6,9,16H2,1-3H3,(H2,34,35)(H,40,41)/t27-,29+/m1/s1. The summed E-state index contributed by atoms with van der Waals surface area (Å²) in [7, 11) is -2.44. The number of nitrogen functional groups attached to an aromatic ring is 1. The van der Waals surface area contributed by atoms with Gasteiger partial charge in [0.15, 0.2) is 9.84 Å². The number of nitrogens with zero attached hydrogens (tertiary/aromatic N) is 3. The second-order valence-electron chi connectivity index (χ2n) is 11.1. The van der Waals surface area contributed by atoms with Crippen molar-refractivity contribution in [3.63, 3.8) is 0 Å². The molecule has 230 valence electrons. The van der Waals surface area contributed by atoms with Gasteiger partial charge in [0.1, 0.15) is 17.7 Å². The van der Waals surface area contributed by atoms with E-state index in [1.165, 1.54) is 37.4 Å². The topological polar surface area (TPSA) is 146 Å². The fourth-order valence-corrected chi connectivity index (χ4v) is 6.88. The van der Waals surface area contributed by atoms with Crippen LogP contribution < -0.4 is 16.0 Å². The molecule has 1 aliphatic heterocycles. The highest BCUT2D eigenvalue weighted by atomic mass is 32.2. The first kappa shape index (κ1) is 30.7. The summed E-state index contributed by atoms with van der Waals surface area (Å²) in [6.45, 7) is 3.44. The molecule has 1 saturated heterocycles. The number of likely N-dealkylation sites (tertiary alicyclic amines) is 1. The van der Waals surface area contributed by atoms with Crippen LogP contribution in [0.5, 0.6) is 0 Å². The van der Waals surface area contributed by atoms with E-state index in [9.17, 15) is 23.1 Å². The second kappa shape index (κ2) is 12.1. The number of sulfone groups is 1. The van der Waals surface area contributed by atoms with Crippen molar-refractivity contribution < 1.29 is 27.5 Å². The van der Waals surface area contributed by atoms with Gasteiger partial charge in [-0.15, -0.1) is 0 Å². The van der Waals surface area contributed by atoms with Crippen molar-refractivity contribution >= 4 is 49.8 Å². The molecule has 3 aromatic carbocycles. The van der Waals surface area contributed by atoms with Crippen molar-refractivity contribution in [1.82, 2.24) is 9.88 Å². The van der Waals surface area contributed by atoms with Gasteiger partial charge in [0.05, 0.1) is 16.2 Å². The first-order valence-electron chi connectivity index (χ1n) is 14.2. The van der Waals surface area contributed by atoms with E-state index in [0.717, 1.165) is 15.7 Å². The number of nitrogens with one attached hydrogen (secondary N) is 1. The number of hydrogen-bond donors (Lipinski definition) is 3. The molecule has 4 N–H and O–H groups in total. The summed E-state index contributed by atoms with van der Waals surface area (Å²) in [5.74, 6) is -0.660. The molecule has 0 aliphatic carbocycles. The molecule has 1 aliphatic rings. The van der Waals surface area contributed by atoms with Gasteiger partial charge >= 0.3 is 6.09 Å². The number of anilines is 3. The lowest BCUT2D eigenvalue weighted by molar-refractivity contribution is -0.133. The number of hydrogen-bond acceptors (Lipinski definition) is 7. The maximum absolute atomic E-state index is 15.3. The third-order valence-electron chi connectivity index (χ3n) is 8.06. The molecule has 5 rings (SSSR count). The Hall–Kier alpha value is -4.71. The molecule has 2 atom stereocenters. The summed E-state index contributed by atoms with van der Waals surface area (Å²) in [4.78, 5) is 32.9. The first-order valence-corrected chi connectivity index (χ1v) is 15.7. The molecule has 1 fully saturated rings. The number of rotatable bonds is 8. The zero-order valence-corrected chi connectivity index (χ0v) is 25.4. The number of amides is 2. The summed E-state index contributed by atoms with van der Waals surface area (Å²) >= 11 is 0. The average Bonchev–Trinajstić information content (AvgIpc) is 3.49. The molecule has 4 aromatic rings. The SMILES string of the molecule is CC(C)S(=O)(=O)c1ccc(N(C)C(=O)O)cc1[C@H]1CCCN1C(=O)[C@@H](Nc1ccc2c(N)nccc2c1)c1ccccc1F. The van der Waals surface area contributed by atoms with E-state index >= 15 is 4.39 Å². The van der Waals surface area contributed by atoms with E-state index in [4.69, 9.17) is 5.73 Å². The summed E-state index contributed by atoms with van der Waals surface area (Å²) in [6.07, 6.45) is 1.38. The van der Waals surface area contributed by atoms with E-state index in [-0.39, 0.29) is 16.1 Å². The van der Waals surface area contributed by atoms with Gasteiger partial charge in [-0.05, 0) is 86.2 Å². The quantitative estimate of drug-likeness (QED) is 0.225. The second-order valence-corrected chi connectivity index (χ2v) is 13.6. The normalized spacial score (nSPS) is 15.8. The van der Waals surface area contributed by atoms with Crippen molar-refractivity contribution in [2.24, 2.45) is 0 Å². The molecule has 2 amide bonds. The minimum atomic E-state index is -3.80. The minimum absolute atomic E-state index is 0.0378. The average molecular weight is 620 g/mol. The zero-order valence-electron chi connectivity index (χ0n) is 24.6. The lowest BCUT2D eigenvalue weighted by Gasteiger charge is -2.32. The van der Waals surface area contributed by atoms with E-state index in [1.807, 2.05) is 0 Å². The number of nitrogens with two attached hydrogens (primary N) is 1. The van der Waals surface area contributed by atoms with Crippen LogP contribution in [0.25, 0.3) is 10.8 Å². The van der Waals surface area contributed by atoms with Crippen molar-refractivity contribution in [2.45, 2.75) is 48.9 Å². The predicted octanol–water partition coefficient (Wildman–Crippen LogP) is 5.77. The Kier molecular flexibility index (Phi) is 8.46. The molecule has 0 radical (unpaired) electrons. The lowest BCUT2D eigenvalue weighted by atomic mass is 10.00. The highest BCUT2D eigenvalue weighted by Gasteiger charge is 2.39. The molecule has 12 heteroatoms. The van der Waals surface area contributed by atoms with Crippen LogP contribution in [0, 0.1) is 5.82 Å². The summed E-state index contributed by atoms with van der Waals surface area (Å²) in [5, 5.41) is 13.6. The highest BCUT2D eigenvalue weighted by molar-refractivity contribution is 7.92. The van der Waals surface area contributed by atoms with Crippen LogP contribution in [0.1, 0.15) is 49.9 Å². The van der Waals surface area contributed by atoms with Crippen LogP contribution in [-0.4, -0.2) is 54.3 Å². The summed E-state index contributed by atoms with van der Waals surface area (Å²) in [6, 6.07) is 15.6. The van der Waals surface area contributed by atoms with Crippen molar-refractivity contribution in [2.75, 3.05) is 29.5 Å². The lowest BCUT2D eigenvalue weighted by Crippen LogP contribution is -2.38. The Labute approximate surface area is 255 Å². The van der Waals surface area contributed by atoms with Crippen molar-refractivity contribution in [3.8, 4) is 0 Å². The van der Waals surface area contributed by atoms with Crippen LogP contribution in [0.2, 0.25) is 0 Å². The van der Waals surface area contributed by atoms with Crippen LogP contribution in [0.3, 0.4) is 0 Å². The van der Waals surface area contributed by atoms with Crippen molar-refractivity contribution in [3.05, 3.63) is 89.9 Å². The minimum Gasteiger partial charge on any atom is -0.465 e. The molecule has 10 nitrogen and oxygen atoms in total. The highest BCUT2D eigenvalue weighted by Crippen LogP contribution is 2.40. The molecule has 0 spiro atoms. The molecular weight excluding hydrogens is 585 g/mol. The largest absolute Gasteiger partial charge is 0.465 e. The number of aromatic nitrogens is 1. The Bertz CT molecular complexity index is 1850. The number of fused-ring (bicyclic) bond motifs is 1. The predicted molar refractivity (Wildman–Crippen MR) is 168 cm³/mol. The summed E-state index contributed by atoms with van der Waals surface area (Å²) < 4.78 is 42.2. The van der Waals surface area contributed by atoms with Gasteiger partial charge in [-0.2, -0.15) is 0 Å². The first-order chi connectivity index (χ1) is 20.9. The fourth-order valence-electron chi connectivity index (χ4n) is 5.59. The van der Waals surface area contributed by atoms with Crippen LogP contribution in [0.15, 0.2) is 77.8 Å². The number of pyridine rings is 1. The van der Waals surface area contributed by atoms with Gasteiger partial charge in [0.25, 0.3) is 0 Å². The van der Waals surface area contributed by atoms with Gasteiger partial charge < -0.3 is 21.1 Å². The molecule has 0 unspecified atom stereocenters. The third-order valence-corrected chi connectivity index (χ3v) is 10.3. The number of carbonyl (C=O) groups excluding carboxylic acids is 1. The van der Waals surface area contributed by atoms with E-state index in [1.54, 1.807) is 61.3 Å². The van der Waals surface area contributed by atoms with E-state index < -0.39 is 45.0 Å². The van der Waals surface area contributed by atoms with Gasteiger partial charge in [-0.25, -0.2) is 22.6 Å². The molecular formula is C32H34FN5O5S. The monoisotopic (exact) mass is 619 g/mol. The molecule has 1 aromatic heterocycles. The Morgan fingerprint density at radius 1 is 1.11 bits per heavy atom. The molecule has 2 heterocycles. The van der Waals surface area contributed by atoms with Gasteiger partial charge in [-0.1, -0.05) is 18.2 Å². The van der Waals surface area contributed by atoms with Crippen molar-refractivity contribution in [1.29, 1.82) is 0 Å². The van der Waals surface area contributed by atoms with Gasteiger partial charge in [-0.3, -0.25) is 9.69 Å². The zero-order chi connectivity index (χ0) is 31.8. The van der Waals surface area contributed by atoms with Crippen LogP contribution in [-0.2, 0) is 14.6 Å². The maximum atomic E-state index is 15.3.